The van der Waals surface area contributed by atoms with Crippen molar-refractivity contribution in [3.63, 3.8) is 0 Å². The fourth-order valence-corrected chi connectivity index (χ4v) is 5.85. The van der Waals surface area contributed by atoms with Crippen molar-refractivity contribution in [3.05, 3.63) is 77.9 Å². The number of carbonyl (C=O) groups excluding carboxylic acids is 1. The van der Waals surface area contributed by atoms with E-state index >= 15 is 0 Å². The van der Waals surface area contributed by atoms with E-state index in [0.717, 1.165) is 22.3 Å². The number of ether oxygens (including phenoxy) is 2. The van der Waals surface area contributed by atoms with Crippen molar-refractivity contribution in [1.29, 1.82) is 0 Å². The molecule has 36 heavy (non-hydrogen) atoms. The summed E-state index contributed by atoms with van der Waals surface area (Å²) in [6, 6.07) is 19.7. The molecule has 2 saturated carbocycles. The van der Waals surface area contributed by atoms with Crippen molar-refractivity contribution < 1.29 is 24.2 Å². The number of benzene rings is 3. The molecular formula is C30H33NO5. The summed E-state index contributed by atoms with van der Waals surface area (Å²) < 4.78 is 12.2. The van der Waals surface area contributed by atoms with Gasteiger partial charge in [-0.2, -0.15) is 0 Å². The number of nitrogens with one attached hydrogen (secondary N) is 1. The summed E-state index contributed by atoms with van der Waals surface area (Å²) in [4.78, 5) is 25.5. The summed E-state index contributed by atoms with van der Waals surface area (Å²) in [6.07, 6.45) is 4.34. The molecule has 3 aromatic carbocycles. The molecule has 6 heteroatoms. The van der Waals surface area contributed by atoms with Gasteiger partial charge < -0.3 is 19.9 Å². The van der Waals surface area contributed by atoms with Gasteiger partial charge in [0.1, 0.15) is 5.75 Å². The summed E-state index contributed by atoms with van der Waals surface area (Å²) in [5.74, 6) is 0.932. The first kappa shape index (κ1) is 24.3. The first-order valence-electron chi connectivity index (χ1n) is 12.8. The van der Waals surface area contributed by atoms with Crippen molar-refractivity contribution in [2.75, 3.05) is 6.61 Å². The zero-order valence-electron chi connectivity index (χ0n) is 20.6. The number of amides is 1. The molecule has 2 aliphatic carbocycles. The molecule has 3 unspecified atom stereocenters. The molecule has 6 nitrogen and oxygen atoms in total. The van der Waals surface area contributed by atoms with E-state index in [1.165, 1.54) is 25.7 Å². The molecule has 188 valence electrons. The predicted molar refractivity (Wildman–Crippen MR) is 138 cm³/mol. The number of fused-ring (bicyclic) bond motifs is 3. The van der Waals surface area contributed by atoms with Crippen LogP contribution in [0, 0.1) is 17.8 Å². The largest absolute Gasteiger partial charge is 0.492 e. The number of hydrogen-bond donors (Lipinski definition) is 2. The number of carboxylic acids is 1. The third-order valence-electron chi connectivity index (χ3n) is 7.83. The molecule has 0 heterocycles. The Balaban J connectivity index is 1.33. The van der Waals surface area contributed by atoms with E-state index in [9.17, 15) is 14.7 Å². The average Bonchev–Trinajstić information content (AvgIpc) is 3.53. The first-order chi connectivity index (χ1) is 17.5. The van der Waals surface area contributed by atoms with Crippen LogP contribution in [0.25, 0.3) is 10.8 Å². The van der Waals surface area contributed by atoms with Crippen LogP contribution in [0.3, 0.4) is 0 Å². The normalized spacial score (nSPS) is 22.3. The van der Waals surface area contributed by atoms with Crippen molar-refractivity contribution in [1.82, 2.24) is 5.32 Å². The lowest BCUT2D eigenvalue weighted by molar-refractivity contribution is -0.143. The highest BCUT2D eigenvalue weighted by Gasteiger charge is 2.40. The zero-order valence-corrected chi connectivity index (χ0v) is 20.6. The second kappa shape index (κ2) is 10.7. The molecule has 0 radical (unpaired) electrons. The van der Waals surface area contributed by atoms with E-state index in [-0.39, 0.29) is 6.61 Å². The van der Waals surface area contributed by atoms with Crippen LogP contribution in [0.15, 0.2) is 66.7 Å². The molecule has 1 amide bonds. The predicted octanol–water partition coefficient (Wildman–Crippen LogP) is 5.44. The van der Waals surface area contributed by atoms with E-state index in [1.807, 2.05) is 60.7 Å². The Morgan fingerprint density at radius 2 is 1.78 bits per heavy atom. The Morgan fingerprint density at radius 3 is 2.50 bits per heavy atom. The van der Waals surface area contributed by atoms with Crippen LogP contribution in [0.1, 0.15) is 48.5 Å². The average molecular weight is 488 g/mol. The summed E-state index contributed by atoms with van der Waals surface area (Å²) in [7, 11) is 0. The van der Waals surface area contributed by atoms with E-state index in [4.69, 9.17) is 9.47 Å². The minimum atomic E-state index is -1.20. The van der Waals surface area contributed by atoms with Crippen LogP contribution in [0.2, 0.25) is 0 Å². The summed E-state index contributed by atoms with van der Waals surface area (Å²) in [5.41, 5.74) is 1.28. The maximum Gasteiger partial charge on any atom is 0.328 e. The first-order valence-corrected chi connectivity index (χ1v) is 12.8. The third-order valence-corrected chi connectivity index (χ3v) is 7.83. The Morgan fingerprint density at radius 1 is 1.00 bits per heavy atom. The second-order valence-corrected chi connectivity index (χ2v) is 10.2. The Bertz CT molecular complexity index is 1230. The summed E-state index contributed by atoms with van der Waals surface area (Å²) in [6.45, 7) is 2.50. The second-order valence-electron chi connectivity index (χ2n) is 10.2. The van der Waals surface area contributed by atoms with E-state index in [0.29, 0.717) is 29.8 Å². The molecule has 2 fully saturated rings. The molecular weight excluding hydrogens is 454 g/mol. The minimum Gasteiger partial charge on any atom is -0.492 e. The maximum atomic E-state index is 13.4. The van der Waals surface area contributed by atoms with Gasteiger partial charge in [-0.1, -0.05) is 67.1 Å². The van der Waals surface area contributed by atoms with Gasteiger partial charge in [0.05, 0.1) is 24.9 Å². The van der Waals surface area contributed by atoms with Crippen LogP contribution in [-0.2, 0) is 16.1 Å². The monoisotopic (exact) mass is 487 g/mol. The molecule has 2 N–H and O–H groups in total. The SMILES string of the molecule is C[C@@H](OCc1ccccc1)[C@H](NC(=O)c1ccc2ccccc2c1OCC1CC2CCC1C2)C(=O)O. The van der Waals surface area contributed by atoms with Gasteiger partial charge in [0.15, 0.2) is 6.04 Å². The van der Waals surface area contributed by atoms with Gasteiger partial charge in [-0.25, -0.2) is 4.79 Å². The van der Waals surface area contributed by atoms with Crippen molar-refractivity contribution in [2.24, 2.45) is 17.8 Å². The van der Waals surface area contributed by atoms with Gasteiger partial charge >= 0.3 is 5.97 Å². The maximum absolute atomic E-state index is 13.4. The Kier molecular flexibility index (Phi) is 7.23. The zero-order chi connectivity index (χ0) is 25.1. The minimum absolute atomic E-state index is 0.259. The lowest BCUT2D eigenvalue weighted by Gasteiger charge is -2.24. The molecule has 2 bridgehead atoms. The van der Waals surface area contributed by atoms with Gasteiger partial charge in [0.25, 0.3) is 5.91 Å². The summed E-state index contributed by atoms with van der Waals surface area (Å²) in [5, 5.41) is 14.4. The number of hydrogen-bond acceptors (Lipinski definition) is 4. The number of aliphatic carboxylic acids is 1. The highest BCUT2D eigenvalue weighted by atomic mass is 16.5. The molecule has 2 aliphatic rings. The number of rotatable bonds is 10. The molecule has 0 saturated heterocycles. The molecule has 0 aliphatic heterocycles. The topological polar surface area (TPSA) is 84.9 Å². The van der Waals surface area contributed by atoms with Crippen LogP contribution in [0.5, 0.6) is 5.75 Å². The van der Waals surface area contributed by atoms with Crippen molar-refractivity contribution >= 4 is 22.6 Å². The number of carboxylic acid groups (broad SMARTS) is 1. The van der Waals surface area contributed by atoms with Crippen LogP contribution >= 0.6 is 0 Å². The quantitative estimate of drug-likeness (QED) is 0.398. The third kappa shape index (κ3) is 5.24. The van der Waals surface area contributed by atoms with Gasteiger partial charge in [-0.05, 0) is 61.0 Å². The fraction of sp³-hybridized carbons (Fsp3) is 0.400. The lowest BCUT2D eigenvalue weighted by atomic mass is 9.89. The van der Waals surface area contributed by atoms with Crippen LogP contribution < -0.4 is 10.1 Å². The molecule has 5 atom stereocenters. The van der Waals surface area contributed by atoms with Crippen molar-refractivity contribution in [3.8, 4) is 5.75 Å². The van der Waals surface area contributed by atoms with E-state index in [1.54, 1.807) is 13.0 Å². The smallest absolute Gasteiger partial charge is 0.328 e. The molecule has 0 spiro atoms. The van der Waals surface area contributed by atoms with Crippen molar-refractivity contribution in [2.45, 2.75) is 51.4 Å². The van der Waals surface area contributed by atoms with E-state index < -0.39 is 24.0 Å². The fourth-order valence-electron chi connectivity index (χ4n) is 5.85. The molecule has 5 rings (SSSR count). The highest BCUT2D eigenvalue weighted by molar-refractivity contribution is 6.04. The molecule has 3 aromatic rings. The van der Waals surface area contributed by atoms with Gasteiger partial charge in [0.2, 0.25) is 0 Å². The highest BCUT2D eigenvalue weighted by Crippen LogP contribution is 2.48. The summed E-state index contributed by atoms with van der Waals surface area (Å²) >= 11 is 0. The Hall–Kier alpha value is -3.38. The lowest BCUT2D eigenvalue weighted by Crippen LogP contribution is -2.48. The standard InChI is InChI=1S/C30H33NO5/c1-19(35-17-20-7-3-2-4-8-20)27(30(33)34)31-29(32)26-14-13-22-9-5-6-10-25(22)28(26)36-18-24-16-21-11-12-23(24)15-21/h2-10,13-14,19,21,23-24,27H,11-12,15-18H2,1H3,(H,31,32)(H,33,34)/t19-,21?,23?,24?,27+/m1/s1. The van der Waals surface area contributed by atoms with E-state index in [2.05, 4.69) is 5.32 Å². The van der Waals surface area contributed by atoms with Crippen LogP contribution in [-0.4, -0.2) is 35.7 Å². The van der Waals surface area contributed by atoms with Gasteiger partial charge in [0, 0.05) is 5.39 Å². The Labute approximate surface area is 211 Å². The van der Waals surface area contributed by atoms with Crippen LogP contribution in [0.4, 0.5) is 0 Å². The molecule has 0 aromatic heterocycles. The van der Waals surface area contributed by atoms with Gasteiger partial charge in [-0.15, -0.1) is 0 Å². The van der Waals surface area contributed by atoms with Gasteiger partial charge in [-0.3, -0.25) is 4.79 Å². The number of carbonyl (C=O) groups is 2.